The SMILES string of the molecule is CC1(C)c2ccccc2-c2ccc(-c3ccc4sc5ccc(-c6c7ccccc7cc7ccccc67)cc5c4c3)cc21. The molecular weight excluding hydrogens is 525 g/mol. The van der Waals surface area contributed by atoms with Gasteiger partial charge in [0.1, 0.15) is 0 Å². The molecule has 198 valence electrons. The van der Waals surface area contributed by atoms with Crippen molar-refractivity contribution in [2.45, 2.75) is 19.3 Å². The van der Waals surface area contributed by atoms with Crippen molar-refractivity contribution in [3.63, 3.8) is 0 Å². The molecule has 0 nitrogen and oxygen atoms in total. The third kappa shape index (κ3) is 3.35. The van der Waals surface area contributed by atoms with Crippen molar-refractivity contribution in [3.8, 4) is 33.4 Å². The van der Waals surface area contributed by atoms with Crippen LogP contribution in [-0.4, -0.2) is 0 Å². The minimum absolute atomic E-state index is 0.00273. The van der Waals surface area contributed by atoms with Crippen molar-refractivity contribution in [1.29, 1.82) is 0 Å². The normalized spacial score (nSPS) is 13.7. The van der Waals surface area contributed by atoms with Gasteiger partial charge in [-0.2, -0.15) is 0 Å². The first-order valence-electron chi connectivity index (χ1n) is 14.7. The van der Waals surface area contributed by atoms with Crippen LogP contribution in [0.2, 0.25) is 0 Å². The summed E-state index contributed by atoms with van der Waals surface area (Å²) in [6.07, 6.45) is 0. The van der Waals surface area contributed by atoms with Crippen molar-refractivity contribution in [2.75, 3.05) is 0 Å². The van der Waals surface area contributed by atoms with Gasteiger partial charge in [-0.1, -0.05) is 111 Å². The van der Waals surface area contributed by atoms with Gasteiger partial charge in [-0.25, -0.2) is 0 Å². The Bertz CT molecular complexity index is 2330. The van der Waals surface area contributed by atoms with Crippen LogP contribution in [-0.2, 0) is 5.41 Å². The van der Waals surface area contributed by atoms with Crippen LogP contribution < -0.4 is 0 Å². The average molecular weight is 553 g/mol. The highest BCUT2D eigenvalue weighted by Crippen LogP contribution is 2.50. The molecule has 0 N–H and O–H groups in total. The second kappa shape index (κ2) is 8.64. The van der Waals surface area contributed by atoms with E-state index >= 15 is 0 Å². The summed E-state index contributed by atoms with van der Waals surface area (Å²) in [7, 11) is 0. The predicted octanol–water partition coefficient (Wildman–Crippen LogP) is 12.0. The van der Waals surface area contributed by atoms with E-state index in [4.69, 9.17) is 0 Å². The highest BCUT2D eigenvalue weighted by molar-refractivity contribution is 7.25. The van der Waals surface area contributed by atoms with Crippen molar-refractivity contribution in [1.82, 2.24) is 0 Å². The number of fused-ring (bicyclic) bond motifs is 8. The van der Waals surface area contributed by atoms with Crippen LogP contribution in [0, 0.1) is 0 Å². The summed E-state index contributed by atoms with van der Waals surface area (Å²) in [5, 5.41) is 7.84. The molecule has 0 fully saturated rings. The van der Waals surface area contributed by atoms with Gasteiger partial charge < -0.3 is 0 Å². The summed E-state index contributed by atoms with van der Waals surface area (Å²) in [6.45, 7) is 4.71. The first-order valence-corrected chi connectivity index (χ1v) is 15.5. The molecule has 0 saturated heterocycles. The van der Waals surface area contributed by atoms with E-state index in [1.807, 2.05) is 11.3 Å². The van der Waals surface area contributed by atoms with Gasteiger partial charge >= 0.3 is 0 Å². The summed E-state index contributed by atoms with van der Waals surface area (Å²) in [4.78, 5) is 0. The Balaban J connectivity index is 1.23. The molecule has 8 aromatic rings. The Morgan fingerprint density at radius 3 is 1.71 bits per heavy atom. The molecule has 1 aliphatic carbocycles. The van der Waals surface area contributed by atoms with Gasteiger partial charge in [-0.15, -0.1) is 11.3 Å². The lowest BCUT2D eigenvalue weighted by Crippen LogP contribution is -2.14. The fraction of sp³-hybridized carbons (Fsp3) is 0.0732. The van der Waals surface area contributed by atoms with Gasteiger partial charge in [0.2, 0.25) is 0 Å². The number of benzene rings is 7. The van der Waals surface area contributed by atoms with Gasteiger partial charge in [-0.05, 0) is 102 Å². The maximum atomic E-state index is 2.43. The van der Waals surface area contributed by atoms with Crippen molar-refractivity contribution in [3.05, 3.63) is 145 Å². The lowest BCUT2D eigenvalue weighted by Gasteiger charge is -2.22. The molecule has 1 aromatic heterocycles. The monoisotopic (exact) mass is 552 g/mol. The van der Waals surface area contributed by atoms with E-state index < -0.39 is 0 Å². The van der Waals surface area contributed by atoms with Gasteiger partial charge in [0.25, 0.3) is 0 Å². The maximum absolute atomic E-state index is 2.43. The van der Waals surface area contributed by atoms with E-state index in [0.717, 1.165) is 0 Å². The number of hydrogen-bond donors (Lipinski definition) is 0. The van der Waals surface area contributed by atoms with Crippen LogP contribution in [0.3, 0.4) is 0 Å². The minimum atomic E-state index is -0.00273. The smallest absolute Gasteiger partial charge is 0.0355 e. The highest BCUT2D eigenvalue weighted by Gasteiger charge is 2.35. The largest absolute Gasteiger partial charge is 0.135 e. The number of thiophene rings is 1. The van der Waals surface area contributed by atoms with E-state index in [0.29, 0.717) is 0 Å². The van der Waals surface area contributed by atoms with Crippen LogP contribution in [0.5, 0.6) is 0 Å². The molecule has 0 atom stereocenters. The van der Waals surface area contributed by atoms with Crippen LogP contribution in [0.25, 0.3) is 75.1 Å². The highest BCUT2D eigenvalue weighted by atomic mass is 32.1. The van der Waals surface area contributed by atoms with Gasteiger partial charge in [0.05, 0.1) is 0 Å². The lowest BCUT2D eigenvalue weighted by atomic mass is 9.81. The topological polar surface area (TPSA) is 0 Å². The second-order valence-electron chi connectivity index (χ2n) is 12.1. The molecule has 1 heteroatoms. The molecule has 1 aliphatic rings. The quantitative estimate of drug-likeness (QED) is 0.187. The Kier molecular flexibility index (Phi) is 4.93. The maximum Gasteiger partial charge on any atom is 0.0355 e. The fourth-order valence-corrected chi connectivity index (χ4v) is 8.39. The number of rotatable bonds is 2. The van der Waals surface area contributed by atoms with Gasteiger partial charge in [0, 0.05) is 25.6 Å². The molecular formula is C41H28S. The summed E-state index contributed by atoms with van der Waals surface area (Å²) in [5.41, 5.74) is 10.7. The Labute approximate surface area is 249 Å². The van der Waals surface area contributed by atoms with E-state index in [1.54, 1.807) is 0 Å². The minimum Gasteiger partial charge on any atom is -0.135 e. The molecule has 7 aromatic carbocycles. The van der Waals surface area contributed by atoms with Crippen molar-refractivity contribution in [2.24, 2.45) is 0 Å². The molecule has 0 unspecified atom stereocenters. The zero-order valence-corrected chi connectivity index (χ0v) is 24.4. The van der Waals surface area contributed by atoms with Crippen molar-refractivity contribution >= 4 is 53.1 Å². The van der Waals surface area contributed by atoms with Crippen LogP contribution >= 0.6 is 11.3 Å². The first kappa shape index (κ1) is 23.9. The first-order chi connectivity index (χ1) is 20.6. The van der Waals surface area contributed by atoms with Crippen LogP contribution in [0.4, 0.5) is 0 Å². The third-order valence-corrected chi connectivity index (χ3v) is 10.6. The lowest BCUT2D eigenvalue weighted by molar-refractivity contribution is 0.660. The Hall–Kier alpha value is -4.72. The Morgan fingerprint density at radius 1 is 0.429 bits per heavy atom. The summed E-state index contributed by atoms with van der Waals surface area (Å²) >= 11 is 1.89. The summed E-state index contributed by atoms with van der Waals surface area (Å²) in [6, 6.07) is 49.9. The second-order valence-corrected chi connectivity index (χ2v) is 13.2. The molecule has 0 aliphatic heterocycles. The molecule has 42 heavy (non-hydrogen) atoms. The molecule has 0 radical (unpaired) electrons. The molecule has 0 saturated carbocycles. The standard InChI is InChI=1S/C41H28S/c1-41(2)36-14-8-7-13-32(36)33-18-15-26(24-37(33)41)25-16-19-38-34(22-25)35-23-29(17-20-39(35)42-38)40-30-11-5-3-9-27(30)21-28-10-4-6-12-31(28)40/h3-24H,1-2H3. The fourth-order valence-electron chi connectivity index (χ4n) is 7.32. The predicted molar refractivity (Wildman–Crippen MR) is 183 cm³/mol. The Morgan fingerprint density at radius 2 is 0.976 bits per heavy atom. The van der Waals surface area contributed by atoms with E-state index in [2.05, 4.69) is 147 Å². The summed E-state index contributed by atoms with van der Waals surface area (Å²) < 4.78 is 2.67. The van der Waals surface area contributed by atoms with E-state index in [1.165, 1.54) is 86.2 Å². The van der Waals surface area contributed by atoms with Crippen LogP contribution in [0.1, 0.15) is 25.0 Å². The number of hydrogen-bond acceptors (Lipinski definition) is 1. The molecule has 0 spiro atoms. The molecule has 1 heterocycles. The van der Waals surface area contributed by atoms with E-state index in [9.17, 15) is 0 Å². The van der Waals surface area contributed by atoms with E-state index in [-0.39, 0.29) is 5.41 Å². The zero-order valence-electron chi connectivity index (χ0n) is 23.6. The molecule has 0 amide bonds. The van der Waals surface area contributed by atoms with Gasteiger partial charge in [-0.3, -0.25) is 0 Å². The average Bonchev–Trinajstić information content (AvgIpc) is 3.51. The molecule has 9 rings (SSSR count). The van der Waals surface area contributed by atoms with Crippen molar-refractivity contribution < 1.29 is 0 Å². The molecule has 0 bridgehead atoms. The van der Waals surface area contributed by atoms with Crippen LogP contribution in [0.15, 0.2) is 133 Å². The zero-order chi connectivity index (χ0) is 28.0. The third-order valence-electron chi connectivity index (χ3n) is 9.45. The summed E-state index contributed by atoms with van der Waals surface area (Å²) in [5.74, 6) is 0. The van der Waals surface area contributed by atoms with Gasteiger partial charge in [0.15, 0.2) is 0 Å².